The van der Waals surface area contributed by atoms with Gasteiger partial charge in [0.2, 0.25) is 5.91 Å². The van der Waals surface area contributed by atoms with Crippen LogP contribution in [0.4, 0.5) is 4.39 Å². The molecule has 0 bridgehead atoms. The molecule has 1 aromatic carbocycles. The van der Waals surface area contributed by atoms with Gasteiger partial charge in [-0.15, -0.1) is 0 Å². The van der Waals surface area contributed by atoms with Crippen molar-refractivity contribution in [2.45, 2.75) is 26.3 Å². The van der Waals surface area contributed by atoms with Crippen LogP contribution in [0.15, 0.2) is 18.2 Å². The molecule has 0 aliphatic carbocycles. The van der Waals surface area contributed by atoms with Gasteiger partial charge in [-0.2, -0.15) is 0 Å². The minimum absolute atomic E-state index is 0.0353. The van der Waals surface area contributed by atoms with Crippen molar-refractivity contribution < 1.29 is 14.0 Å². The fraction of sp³-hybridized carbons (Fsp3) is 0.429. The van der Waals surface area contributed by atoms with E-state index in [0.717, 1.165) is 0 Å². The van der Waals surface area contributed by atoms with E-state index >= 15 is 0 Å². The van der Waals surface area contributed by atoms with Crippen LogP contribution in [0.1, 0.15) is 29.3 Å². The lowest BCUT2D eigenvalue weighted by atomic mass is 10.1. The average molecular weight is 264 g/mol. The number of nitrogens with one attached hydrogen (secondary N) is 1. The van der Waals surface area contributed by atoms with Gasteiger partial charge in [-0.05, 0) is 25.0 Å². The van der Waals surface area contributed by atoms with Crippen LogP contribution in [0.5, 0.6) is 0 Å². The van der Waals surface area contributed by atoms with Crippen LogP contribution < -0.4 is 5.32 Å². The number of benzene rings is 1. The Balaban J connectivity index is 2.32. The van der Waals surface area contributed by atoms with E-state index in [1.165, 1.54) is 11.0 Å². The molecule has 4 nitrogen and oxygen atoms in total. The maximum absolute atomic E-state index is 14.0. The Morgan fingerprint density at radius 3 is 2.95 bits per heavy atom. The number of aryl methyl sites for hydroxylation is 1. The zero-order valence-corrected chi connectivity index (χ0v) is 11.1. The van der Waals surface area contributed by atoms with Crippen LogP contribution in [-0.2, 0) is 4.79 Å². The largest absolute Gasteiger partial charge is 0.353 e. The van der Waals surface area contributed by atoms with Crippen molar-refractivity contribution in [3.63, 3.8) is 0 Å². The lowest BCUT2D eigenvalue weighted by Gasteiger charge is -2.34. The molecule has 1 aliphatic rings. The second kappa shape index (κ2) is 5.38. The second-order valence-electron chi connectivity index (χ2n) is 4.65. The maximum Gasteiger partial charge on any atom is 0.257 e. The summed E-state index contributed by atoms with van der Waals surface area (Å²) in [5, 5.41) is 2.72. The Bertz CT molecular complexity index is 516. The first-order chi connectivity index (χ1) is 9.06. The number of rotatable bonds is 2. The molecule has 1 aromatic rings. The molecule has 5 heteroatoms. The fourth-order valence-corrected chi connectivity index (χ4v) is 2.33. The third-order valence-corrected chi connectivity index (χ3v) is 3.40. The first kappa shape index (κ1) is 13.5. The zero-order valence-electron chi connectivity index (χ0n) is 11.1. The Morgan fingerprint density at radius 2 is 2.26 bits per heavy atom. The average Bonchev–Trinajstić information content (AvgIpc) is 2.41. The topological polar surface area (TPSA) is 49.4 Å². The predicted octanol–water partition coefficient (Wildman–Crippen LogP) is 1.48. The van der Waals surface area contributed by atoms with Gasteiger partial charge in [-0.3, -0.25) is 9.59 Å². The zero-order chi connectivity index (χ0) is 14.0. The smallest absolute Gasteiger partial charge is 0.257 e. The van der Waals surface area contributed by atoms with Crippen LogP contribution in [0.3, 0.4) is 0 Å². The van der Waals surface area contributed by atoms with Crippen molar-refractivity contribution in [3.8, 4) is 0 Å². The summed E-state index contributed by atoms with van der Waals surface area (Å²) in [7, 11) is 0. The van der Waals surface area contributed by atoms with Gasteiger partial charge < -0.3 is 10.2 Å². The van der Waals surface area contributed by atoms with E-state index in [1.807, 2.05) is 6.92 Å². The Hall–Kier alpha value is -1.91. The molecule has 0 radical (unpaired) electrons. The molecule has 0 spiro atoms. The first-order valence-corrected chi connectivity index (χ1v) is 6.40. The highest BCUT2D eigenvalue weighted by molar-refractivity contribution is 5.98. The predicted molar refractivity (Wildman–Crippen MR) is 69.3 cm³/mol. The van der Waals surface area contributed by atoms with Crippen molar-refractivity contribution in [2.75, 3.05) is 13.1 Å². The summed E-state index contributed by atoms with van der Waals surface area (Å²) in [4.78, 5) is 25.6. The SMILES string of the molecule is CCC1C(=O)NCCN1C(=O)c1cccc(C)c1F. The van der Waals surface area contributed by atoms with Crippen molar-refractivity contribution in [2.24, 2.45) is 0 Å². The van der Waals surface area contributed by atoms with Gasteiger partial charge in [-0.25, -0.2) is 4.39 Å². The van der Waals surface area contributed by atoms with Crippen molar-refractivity contribution >= 4 is 11.8 Å². The summed E-state index contributed by atoms with van der Waals surface area (Å²) in [6, 6.07) is 4.22. The van der Waals surface area contributed by atoms with Gasteiger partial charge in [0.15, 0.2) is 0 Å². The minimum Gasteiger partial charge on any atom is -0.353 e. The Kier molecular flexibility index (Phi) is 3.83. The van der Waals surface area contributed by atoms with E-state index in [2.05, 4.69) is 5.32 Å². The summed E-state index contributed by atoms with van der Waals surface area (Å²) in [6.07, 6.45) is 0.519. The maximum atomic E-state index is 14.0. The fourth-order valence-electron chi connectivity index (χ4n) is 2.33. The highest BCUT2D eigenvalue weighted by Gasteiger charge is 2.33. The number of carbonyl (C=O) groups excluding carboxylic acids is 2. The van der Waals surface area contributed by atoms with Gasteiger partial charge in [0.1, 0.15) is 11.9 Å². The molecule has 102 valence electrons. The van der Waals surface area contributed by atoms with Crippen LogP contribution in [0.2, 0.25) is 0 Å². The number of piperazine rings is 1. The molecule has 2 rings (SSSR count). The number of hydrogen-bond donors (Lipinski definition) is 1. The molecule has 1 saturated heterocycles. The van der Waals surface area contributed by atoms with Crippen molar-refractivity contribution in [3.05, 3.63) is 35.1 Å². The van der Waals surface area contributed by atoms with Gasteiger partial charge in [0.05, 0.1) is 5.56 Å². The Morgan fingerprint density at radius 1 is 1.53 bits per heavy atom. The van der Waals surface area contributed by atoms with E-state index in [4.69, 9.17) is 0 Å². The van der Waals surface area contributed by atoms with Crippen LogP contribution >= 0.6 is 0 Å². The molecule has 1 atom stereocenters. The normalized spacial score (nSPS) is 19.2. The monoisotopic (exact) mass is 264 g/mol. The molecule has 19 heavy (non-hydrogen) atoms. The third kappa shape index (κ3) is 2.45. The van der Waals surface area contributed by atoms with Crippen LogP contribution in [0.25, 0.3) is 0 Å². The number of carbonyl (C=O) groups is 2. The van der Waals surface area contributed by atoms with Crippen molar-refractivity contribution in [1.29, 1.82) is 0 Å². The molecule has 1 unspecified atom stereocenters. The molecule has 1 fully saturated rings. The van der Waals surface area contributed by atoms with Gasteiger partial charge >= 0.3 is 0 Å². The van der Waals surface area contributed by atoms with E-state index in [-0.39, 0.29) is 11.5 Å². The highest BCUT2D eigenvalue weighted by Crippen LogP contribution is 2.18. The van der Waals surface area contributed by atoms with Crippen molar-refractivity contribution in [1.82, 2.24) is 10.2 Å². The molecule has 1 aliphatic heterocycles. The lowest BCUT2D eigenvalue weighted by molar-refractivity contribution is -0.127. The molecular weight excluding hydrogens is 247 g/mol. The van der Waals surface area contributed by atoms with E-state index < -0.39 is 17.8 Å². The number of nitrogens with zero attached hydrogens (tertiary/aromatic N) is 1. The Labute approximate surface area is 111 Å². The quantitative estimate of drug-likeness (QED) is 0.879. The van der Waals surface area contributed by atoms with Crippen LogP contribution in [0, 0.1) is 12.7 Å². The van der Waals surface area contributed by atoms with Gasteiger partial charge in [-0.1, -0.05) is 19.1 Å². The first-order valence-electron chi connectivity index (χ1n) is 6.40. The third-order valence-electron chi connectivity index (χ3n) is 3.40. The summed E-state index contributed by atoms with van der Waals surface area (Å²) in [5.41, 5.74) is 0.466. The number of hydrogen-bond acceptors (Lipinski definition) is 2. The minimum atomic E-state index is -0.513. The molecule has 1 N–H and O–H groups in total. The molecule has 1 heterocycles. The molecule has 0 aromatic heterocycles. The van der Waals surface area contributed by atoms with E-state index in [9.17, 15) is 14.0 Å². The molecule has 0 saturated carbocycles. The molecular formula is C14H17FN2O2. The van der Waals surface area contributed by atoms with Gasteiger partial charge in [0.25, 0.3) is 5.91 Å². The van der Waals surface area contributed by atoms with E-state index in [0.29, 0.717) is 25.1 Å². The highest BCUT2D eigenvalue weighted by atomic mass is 19.1. The number of amides is 2. The summed E-state index contributed by atoms with van der Waals surface area (Å²) in [5.74, 6) is -1.09. The van der Waals surface area contributed by atoms with Gasteiger partial charge in [0, 0.05) is 13.1 Å². The molecule has 2 amide bonds. The summed E-state index contributed by atoms with van der Waals surface area (Å²) in [6.45, 7) is 4.28. The standard InChI is InChI=1S/C14H17FN2O2/c1-3-11-13(18)16-7-8-17(11)14(19)10-6-4-5-9(2)12(10)15/h4-6,11H,3,7-8H2,1-2H3,(H,16,18). The van der Waals surface area contributed by atoms with Crippen LogP contribution in [-0.4, -0.2) is 35.8 Å². The number of halogens is 1. The summed E-state index contributed by atoms with van der Waals surface area (Å²) < 4.78 is 14.0. The summed E-state index contributed by atoms with van der Waals surface area (Å²) >= 11 is 0. The lowest BCUT2D eigenvalue weighted by Crippen LogP contribution is -2.57. The second-order valence-corrected chi connectivity index (χ2v) is 4.65. The van der Waals surface area contributed by atoms with E-state index in [1.54, 1.807) is 19.1 Å².